The molecule has 16 nitrogen and oxygen atoms in total. The molecule has 0 aromatic carbocycles. The van der Waals surface area contributed by atoms with Gasteiger partial charge in [0.15, 0.2) is 0 Å². The molecule has 1 aromatic rings. The van der Waals surface area contributed by atoms with Gasteiger partial charge in [0.2, 0.25) is 0 Å². The van der Waals surface area contributed by atoms with E-state index in [9.17, 15) is 33.8 Å². The Bertz CT molecular complexity index is 1000. The Hall–Kier alpha value is -0.610. The van der Waals surface area contributed by atoms with Crippen molar-refractivity contribution >= 4 is 34.2 Å². The highest BCUT2D eigenvalue weighted by atomic mass is 32.5. The van der Waals surface area contributed by atoms with Crippen molar-refractivity contribution in [2.45, 2.75) is 24.4 Å². The van der Waals surface area contributed by atoms with Gasteiger partial charge in [0, 0.05) is 6.20 Å². The normalized spacial score (nSPS) is 29.3. The fourth-order valence-corrected chi connectivity index (χ4v) is 6.22. The molecule has 1 aliphatic heterocycles. The predicted octanol–water partition coefficient (Wildman–Crippen LogP) is -2.32. The minimum Gasteiger partial charge on any atom is -0.387 e. The van der Waals surface area contributed by atoms with Crippen molar-refractivity contribution in [1.29, 1.82) is 0 Å². The van der Waals surface area contributed by atoms with Crippen LogP contribution in [0, 0.1) is 0 Å². The average molecular weight is 500 g/mol. The number of rotatable bonds is 8. The van der Waals surface area contributed by atoms with Crippen LogP contribution in [0.5, 0.6) is 0 Å². The van der Waals surface area contributed by atoms with Crippen molar-refractivity contribution in [3.63, 3.8) is 0 Å². The van der Waals surface area contributed by atoms with E-state index in [1.165, 1.54) is 0 Å². The number of hydrogen-bond donors (Lipinski definition) is 8. The Morgan fingerprint density at radius 2 is 1.72 bits per heavy atom. The molecule has 6 atom stereocenters. The molecule has 1 saturated heterocycles. The lowest BCUT2D eigenvalue weighted by molar-refractivity contribution is -0.0196. The highest BCUT2D eigenvalue weighted by molar-refractivity contribution is 8.08. The maximum Gasteiger partial charge on any atom is 0.488 e. The monoisotopic (exact) mass is 500 g/mol. The molecular formula is C9H15N2O14P3S. The number of hydrogen-bond acceptors (Lipinski definition) is 11. The lowest BCUT2D eigenvalue weighted by Gasteiger charge is -2.21. The Morgan fingerprint density at radius 1 is 1.10 bits per heavy atom. The molecule has 0 saturated carbocycles. The Morgan fingerprint density at radius 3 is 2.28 bits per heavy atom. The number of aliphatic hydroxyl groups excluding tert-OH is 2. The van der Waals surface area contributed by atoms with E-state index >= 15 is 0 Å². The number of nitrogens with one attached hydrogen (secondary N) is 2. The number of ether oxygens (including phenoxy) is 1. The van der Waals surface area contributed by atoms with Crippen LogP contribution in [0.3, 0.4) is 0 Å². The highest BCUT2D eigenvalue weighted by Crippen LogP contribution is 2.66. The van der Waals surface area contributed by atoms with Crippen molar-refractivity contribution in [1.82, 2.24) is 9.97 Å². The van der Waals surface area contributed by atoms with Gasteiger partial charge in [-0.1, -0.05) is 0 Å². The molecule has 1 aliphatic rings. The third kappa shape index (κ3) is 6.95. The summed E-state index contributed by atoms with van der Waals surface area (Å²) in [4.78, 5) is 62.8. The summed E-state index contributed by atoms with van der Waals surface area (Å²) in [5, 5.41) is 20.0. The highest BCUT2D eigenvalue weighted by Gasteiger charge is 2.46. The van der Waals surface area contributed by atoms with Crippen LogP contribution in [0.15, 0.2) is 15.8 Å². The van der Waals surface area contributed by atoms with Crippen molar-refractivity contribution in [2.24, 2.45) is 0 Å². The summed E-state index contributed by atoms with van der Waals surface area (Å²) in [5.41, 5.74) is -1.97. The molecule has 3 unspecified atom stereocenters. The first kappa shape index (κ1) is 24.7. The van der Waals surface area contributed by atoms with Crippen molar-refractivity contribution in [2.75, 3.05) is 6.61 Å². The zero-order valence-electron chi connectivity index (χ0n) is 13.8. The second kappa shape index (κ2) is 8.86. The number of aromatic amines is 2. The summed E-state index contributed by atoms with van der Waals surface area (Å²) in [6.07, 6.45) is -5.26. The van der Waals surface area contributed by atoms with Gasteiger partial charge < -0.3 is 44.0 Å². The molecule has 1 aromatic heterocycles. The molecule has 2 heterocycles. The Balaban J connectivity index is 2.06. The Labute approximate surface area is 165 Å². The van der Waals surface area contributed by atoms with Gasteiger partial charge in [-0.05, 0) is 11.8 Å². The SMILES string of the molecule is O=c1[nH]cc([C@@H]2O[C@H](COP(O)(=S)OP(=O)(O)OP(=O)(O)O)[C@H](O)C2O)c(=O)[nH]1. The van der Waals surface area contributed by atoms with Gasteiger partial charge in [-0.2, -0.15) is 4.31 Å². The second-order valence-electron chi connectivity index (χ2n) is 5.49. The molecule has 166 valence electrons. The minimum atomic E-state index is -5.52. The first-order valence-electron chi connectivity index (χ1n) is 7.22. The fourth-order valence-electron chi connectivity index (χ4n) is 2.25. The van der Waals surface area contributed by atoms with Gasteiger partial charge >= 0.3 is 28.1 Å². The van der Waals surface area contributed by atoms with Crippen molar-refractivity contribution in [3.05, 3.63) is 32.6 Å². The molecule has 8 N–H and O–H groups in total. The Kier molecular flexibility index (Phi) is 7.54. The maximum atomic E-state index is 11.8. The van der Waals surface area contributed by atoms with E-state index < -0.39 is 64.6 Å². The van der Waals surface area contributed by atoms with Crippen LogP contribution in [0.1, 0.15) is 11.7 Å². The van der Waals surface area contributed by atoms with Gasteiger partial charge in [-0.25, -0.2) is 18.2 Å². The standard InChI is InChI=1S/C9H15N2O14P3S/c12-5-4(2-22-28(21,29)25-27(19,20)24-26(16,17)18)23-7(6(5)13)3-1-10-9(15)11-8(3)14/h1,4-7,12-13H,2H2,(H,19,20)(H,21,29)(H2,16,17,18)(H2,10,11,14,15)/t4-,5+,6?,7+,28?/m1/s1. The summed E-state index contributed by atoms with van der Waals surface area (Å²) in [5.74, 6) is 0. The molecule has 0 radical (unpaired) electrons. The summed E-state index contributed by atoms with van der Waals surface area (Å²) in [7, 11) is -11.0. The average Bonchev–Trinajstić information content (AvgIpc) is 2.78. The first-order chi connectivity index (χ1) is 13.1. The molecule has 0 bridgehead atoms. The largest absolute Gasteiger partial charge is 0.488 e. The summed E-state index contributed by atoms with van der Waals surface area (Å²) in [6, 6.07) is 0. The lowest BCUT2D eigenvalue weighted by atomic mass is 10.0. The molecule has 0 spiro atoms. The zero-order chi connectivity index (χ0) is 22.2. The second-order valence-corrected chi connectivity index (χ2v) is 11.3. The number of aliphatic hydroxyl groups is 2. The van der Waals surface area contributed by atoms with Crippen LogP contribution in [-0.4, -0.2) is 64.7 Å². The van der Waals surface area contributed by atoms with Crippen LogP contribution in [0.25, 0.3) is 0 Å². The van der Waals surface area contributed by atoms with Crippen LogP contribution in [-0.2, 0) is 38.8 Å². The molecule has 2 rings (SSSR count). The van der Waals surface area contributed by atoms with Gasteiger partial charge in [-0.15, -0.1) is 0 Å². The van der Waals surface area contributed by atoms with Crippen molar-refractivity contribution in [3.8, 4) is 0 Å². The third-order valence-corrected chi connectivity index (χ3v) is 8.05. The fraction of sp³-hybridized carbons (Fsp3) is 0.556. The molecule has 29 heavy (non-hydrogen) atoms. The van der Waals surface area contributed by atoms with Crippen LogP contribution < -0.4 is 11.2 Å². The number of aromatic nitrogens is 2. The summed E-state index contributed by atoms with van der Waals surface area (Å²) < 4.78 is 39.4. The van der Waals surface area contributed by atoms with E-state index in [4.69, 9.17) is 19.4 Å². The number of phosphoric acid groups is 2. The van der Waals surface area contributed by atoms with Crippen molar-refractivity contribution < 1.29 is 56.8 Å². The van der Waals surface area contributed by atoms with Gasteiger partial charge in [0.25, 0.3) is 5.56 Å². The molecule has 0 amide bonds. The zero-order valence-corrected chi connectivity index (χ0v) is 17.3. The first-order valence-corrected chi connectivity index (χ1v) is 12.8. The van der Waals surface area contributed by atoms with E-state index in [0.29, 0.717) is 0 Å². The minimum absolute atomic E-state index is 0.242. The topological polar surface area (TPSA) is 258 Å². The van der Waals surface area contributed by atoms with Gasteiger partial charge in [-0.3, -0.25) is 9.78 Å². The predicted molar refractivity (Wildman–Crippen MR) is 93.8 cm³/mol. The van der Waals surface area contributed by atoms with Gasteiger partial charge in [0.1, 0.15) is 24.4 Å². The van der Waals surface area contributed by atoms with E-state index in [2.05, 4.69) is 29.9 Å². The summed E-state index contributed by atoms with van der Waals surface area (Å²) in [6.45, 7) is -5.48. The molecular weight excluding hydrogens is 485 g/mol. The van der Waals surface area contributed by atoms with E-state index in [1.807, 2.05) is 4.98 Å². The van der Waals surface area contributed by atoms with Crippen LogP contribution in [0.4, 0.5) is 0 Å². The molecule has 0 aliphatic carbocycles. The number of H-pyrrole nitrogens is 2. The smallest absolute Gasteiger partial charge is 0.387 e. The quantitative estimate of drug-likeness (QED) is 0.174. The molecule has 20 heteroatoms. The maximum absolute atomic E-state index is 11.8. The molecule has 1 fully saturated rings. The lowest BCUT2D eigenvalue weighted by Crippen LogP contribution is -2.34. The van der Waals surface area contributed by atoms with Gasteiger partial charge in [0.05, 0.1) is 12.2 Å². The van der Waals surface area contributed by atoms with E-state index in [-0.39, 0.29) is 5.56 Å². The van der Waals surface area contributed by atoms with Crippen LogP contribution >= 0.6 is 22.4 Å². The van der Waals surface area contributed by atoms with E-state index in [0.717, 1.165) is 6.20 Å². The van der Waals surface area contributed by atoms with Crippen LogP contribution in [0.2, 0.25) is 0 Å². The van der Waals surface area contributed by atoms with E-state index in [1.54, 1.807) is 0 Å². The summed E-state index contributed by atoms with van der Waals surface area (Å²) >= 11 is 4.40. The third-order valence-electron chi connectivity index (χ3n) is 3.33.